The molecule has 1 aliphatic carbocycles. The number of rotatable bonds is 6. The van der Waals surface area contributed by atoms with E-state index in [4.69, 9.17) is 4.74 Å². The van der Waals surface area contributed by atoms with E-state index in [0.29, 0.717) is 25.3 Å². The van der Waals surface area contributed by atoms with Crippen LogP contribution in [0, 0.1) is 5.92 Å². The standard InChI is InChI=1S/C21H30F2N2O2/c22-21(23)11-8-19(9-12-21)25(14-10-17-7-4-13-24-15-17)20(26)27-16-18-5-2-1-3-6-18/h1-3,5-6,17,19,24H,4,7-16H2/t17-/m1/s1. The molecule has 1 saturated carbocycles. The number of nitrogens with one attached hydrogen (secondary N) is 1. The summed E-state index contributed by atoms with van der Waals surface area (Å²) in [6, 6.07) is 9.39. The number of alkyl halides is 2. The molecule has 0 spiro atoms. The van der Waals surface area contributed by atoms with E-state index in [9.17, 15) is 13.6 Å². The summed E-state index contributed by atoms with van der Waals surface area (Å²) in [5.74, 6) is -2.06. The molecule has 150 valence electrons. The second kappa shape index (κ2) is 9.49. The summed E-state index contributed by atoms with van der Waals surface area (Å²) < 4.78 is 32.6. The summed E-state index contributed by atoms with van der Waals surface area (Å²) in [7, 11) is 0. The van der Waals surface area contributed by atoms with Crippen molar-refractivity contribution in [3.8, 4) is 0 Å². The Labute approximate surface area is 160 Å². The molecule has 0 radical (unpaired) electrons. The minimum absolute atomic E-state index is 0.148. The monoisotopic (exact) mass is 380 g/mol. The third kappa shape index (κ3) is 6.16. The number of ether oxygens (including phenoxy) is 1. The van der Waals surface area contributed by atoms with Gasteiger partial charge < -0.3 is 15.0 Å². The molecular weight excluding hydrogens is 350 g/mol. The molecule has 6 heteroatoms. The van der Waals surface area contributed by atoms with Gasteiger partial charge in [0.15, 0.2) is 0 Å². The number of carbonyl (C=O) groups is 1. The Morgan fingerprint density at radius 1 is 1.19 bits per heavy atom. The lowest BCUT2D eigenvalue weighted by Crippen LogP contribution is -2.45. The van der Waals surface area contributed by atoms with Gasteiger partial charge in [-0.1, -0.05) is 30.3 Å². The van der Waals surface area contributed by atoms with Gasteiger partial charge in [-0.3, -0.25) is 0 Å². The molecule has 3 rings (SSSR count). The van der Waals surface area contributed by atoms with E-state index < -0.39 is 5.92 Å². The van der Waals surface area contributed by atoms with Crippen molar-refractivity contribution in [1.29, 1.82) is 0 Å². The number of halogens is 2. The molecule has 0 unspecified atom stereocenters. The highest BCUT2D eigenvalue weighted by atomic mass is 19.3. The minimum Gasteiger partial charge on any atom is -0.445 e. The van der Waals surface area contributed by atoms with Crippen molar-refractivity contribution in [3.05, 3.63) is 35.9 Å². The second-order valence-corrected chi connectivity index (χ2v) is 7.82. The summed E-state index contributed by atoms with van der Waals surface area (Å²) in [5.41, 5.74) is 0.928. The van der Waals surface area contributed by atoms with Crippen molar-refractivity contribution in [2.24, 2.45) is 5.92 Å². The molecule has 1 aliphatic heterocycles. The molecule has 2 aliphatic rings. The number of carbonyl (C=O) groups excluding carboxylic acids is 1. The van der Waals surface area contributed by atoms with Crippen LogP contribution in [0.2, 0.25) is 0 Å². The fourth-order valence-corrected chi connectivity index (χ4v) is 4.05. The summed E-state index contributed by atoms with van der Waals surface area (Å²) in [6.07, 6.45) is 3.21. The Morgan fingerprint density at radius 3 is 2.59 bits per heavy atom. The van der Waals surface area contributed by atoms with Crippen LogP contribution in [-0.2, 0) is 11.3 Å². The van der Waals surface area contributed by atoms with Gasteiger partial charge in [-0.05, 0) is 56.7 Å². The Balaban J connectivity index is 1.58. The van der Waals surface area contributed by atoms with Gasteiger partial charge >= 0.3 is 6.09 Å². The van der Waals surface area contributed by atoms with Crippen LogP contribution in [0.3, 0.4) is 0 Å². The highest BCUT2D eigenvalue weighted by Crippen LogP contribution is 2.35. The summed E-state index contributed by atoms with van der Waals surface area (Å²) in [4.78, 5) is 14.5. The van der Waals surface area contributed by atoms with Crippen LogP contribution in [0.1, 0.15) is 50.5 Å². The van der Waals surface area contributed by atoms with Gasteiger partial charge in [0.1, 0.15) is 6.61 Å². The molecular formula is C21H30F2N2O2. The summed E-state index contributed by atoms with van der Waals surface area (Å²) >= 11 is 0. The zero-order valence-corrected chi connectivity index (χ0v) is 15.8. The quantitative estimate of drug-likeness (QED) is 0.785. The van der Waals surface area contributed by atoms with E-state index in [2.05, 4.69) is 5.32 Å². The van der Waals surface area contributed by atoms with E-state index >= 15 is 0 Å². The first-order valence-corrected chi connectivity index (χ1v) is 10.1. The van der Waals surface area contributed by atoms with Crippen LogP contribution >= 0.6 is 0 Å². The van der Waals surface area contributed by atoms with Crippen LogP contribution < -0.4 is 5.32 Å². The number of hydrogen-bond donors (Lipinski definition) is 1. The van der Waals surface area contributed by atoms with Crippen molar-refractivity contribution >= 4 is 6.09 Å². The second-order valence-electron chi connectivity index (χ2n) is 7.82. The zero-order valence-electron chi connectivity index (χ0n) is 15.8. The number of hydrogen-bond acceptors (Lipinski definition) is 3. The van der Waals surface area contributed by atoms with Crippen LogP contribution in [0.15, 0.2) is 30.3 Å². The molecule has 1 aromatic rings. The first-order valence-electron chi connectivity index (χ1n) is 10.1. The fourth-order valence-electron chi connectivity index (χ4n) is 4.05. The molecule has 0 bridgehead atoms. The van der Waals surface area contributed by atoms with Crippen LogP contribution in [-0.4, -0.2) is 42.6 Å². The molecule has 1 saturated heterocycles. The van der Waals surface area contributed by atoms with Gasteiger partial charge in [0, 0.05) is 25.4 Å². The molecule has 0 aromatic heterocycles. The highest BCUT2D eigenvalue weighted by Gasteiger charge is 2.38. The fraction of sp³-hybridized carbons (Fsp3) is 0.667. The first-order chi connectivity index (χ1) is 13.0. The van der Waals surface area contributed by atoms with Gasteiger partial charge in [-0.25, -0.2) is 13.6 Å². The van der Waals surface area contributed by atoms with E-state index in [1.165, 1.54) is 0 Å². The molecule has 4 nitrogen and oxygen atoms in total. The maximum atomic E-state index is 13.5. The van der Waals surface area contributed by atoms with Gasteiger partial charge in [0.25, 0.3) is 0 Å². The predicted octanol–water partition coefficient (Wildman–Crippen LogP) is 4.59. The zero-order chi connectivity index (χ0) is 19.1. The summed E-state index contributed by atoms with van der Waals surface area (Å²) in [6.45, 7) is 2.81. The predicted molar refractivity (Wildman–Crippen MR) is 101 cm³/mol. The lowest BCUT2D eigenvalue weighted by Gasteiger charge is -2.37. The number of benzene rings is 1. The van der Waals surface area contributed by atoms with Crippen molar-refractivity contribution in [1.82, 2.24) is 10.2 Å². The maximum absolute atomic E-state index is 13.5. The molecule has 1 atom stereocenters. The van der Waals surface area contributed by atoms with Gasteiger partial charge in [0.2, 0.25) is 5.92 Å². The van der Waals surface area contributed by atoms with E-state index in [1.807, 2.05) is 30.3 Å². The number of piperidine rings is 1. The number of nitrogens with zero attached hydrogens (tertiary/aromatic N) is 1. The normalized spacial score (nSPS) is 23.0. The van der Waals surface area contributed by atoms with E-state index in [0.717, 1.165) is 37.9 Å². The van der Waals surface area contributed by atoms with Crippen molar-refractivity contribution in [3.63, 3.8) is 0 Å². The Bertz CT molecular complexity index is 581. The van der Waals surface area contributed by atoms with Gasteiger partial charge in [-0.15, -0.1) is 0 Å². The smallest absolute Gasteiger partial charge is 0.410 e. The number of amides is 1. The third-order valence-corrected chi connectivity index (χ3v) is 5.74. The minimum atomic E-state index is -2.59. The molecule has 2 fully saturated rings. The molecule has 1 aromatic carbocycles. The highest BCUT2D eigenvalue weighted by molar-refractivity contribution is 5.68. The third-order valence-electron chi connectivity index (χ3n) is 5.74. The SMILES string of the molecule is O=C(OCc1ccccc1)N(CC[C@H]1CCCNC1)C1CCC(F)(F)CC1. The van der Waals surface area contributed by atoms with Crippen LogP contribution in [0.4, 0.5) is 13.6 Å². The molecule has 1 amide bonds. The van der Waals surface area contributed by atoms with E-state index in [1.54, 1.807) is 4.90 Å². The average Bonchev–Trinajstić information content (AvgIpc) is 2.69. The van der Waals surface area contributed by atoms with Gasteiger partial charge in [0.05, 0.1) is 0 Å². The van der Waals surface area contributed by atoms with Crippen molar-refractivity contribution in [2.45, 2.75) is 63.5 Å². The van der Waals surface area contributed by atoms with Crippen LogP contribution in [0.5, 0.6) is 0 Å². The average molecular weight is 380 g/mol. The Kier molecular flexibility index (Phi) is 7.05. The van der Waals surface area contributed by atoms with E-state index in [-0.39, 0.29) is 31.6 Å². The maximum Gasteiger partial charge on any atom is 0.410 e. The molecule has 1 heterocycles. The topological polar surface area (TPSA) is 41.6 Å². The lowest BCUT2D eigenvalue weighted by atomic mass is 9.90. The summed E-state index contributed by atoms with van der Waals surface area (Å²) in [5, 5.41) is 3.39. The Hall–Kier alpha value is -1.69. The van der Waals surface area contributed by atoms with Gasteiger partial charge in [-0.2, -0.15) is 0 Å². The van der Waals surface area contributed by atoms with Crippen LogP contribution in [0.25, 0.3) is 0 Å². The van der Waals surface area contributed by atoms with Crippen molar-refractivity contribution in [2.75, 3.05) is 19.6 Å². The largest absolute Gasteiger partial charge is 0.445 e. The molecule has 27 heavy (non-hydrogen) atoms. The van der Waals surface area contributed by atoms with Crippen molar-refractivity contribution < 1.29 is 18.3 Å². The lowest BCUT2D eigenvalue weighted by molar-refractivity contribution is -0.0535. The first kappa shape index (κ1) is 20.1. The molecule has 1 N–H and O–H groups in total. The Morgan fingerprint density at radius 2 is 1.93 bits per heavy atom.